The van der Waals surface area contributed by atoms with Crippen LogP contribution in [0.15, 0.2) is 53.1 Å². The predicted octanol–water partition coefficient (Wildman–Crippen LogP) is 4.19. The van der Waals surface area contributed by atoms with Crippen molar-refractivity contribution < 1.29 is 34.1 Å². The molecule has 2 aromatic carbocycles. The van der Waals surface area contributed by atoms with E-state index < -0.39 is 29.7 Å². The second kappa shape index (κ2) is 10.1. The molecule has 2 heterocycles. The molecular formula is C29H31NO7. The summed E-state index contributed by atoms with van der Waals surface area (Å²) in [6.07, 6.45) is 3.41. The topological polar surface area (TPSA) is 113 Å². The Morgan fingerprint density at radius 2 is 1.89 bits per heavy atom. The maximum atomic E-state index is 13.1. The highest BCUT2D eigenvalue weighted by atomic mass is 16.5. The molecule has 4 atom stereocenters. The normalized spacial score (nSPS) is 25.6. The number of methoxy groups -OCH3 is 1. The third kappa shape index (κ3) is 4.24. The van der Waals surface area contributed by atoms with E-state index in [1.54, 1.807) is 6.07 Å². The summed E-state index contributed by atoms with van der Waals surface area (Å²) in [6.45, 7) is 2.15. The number of fused-ring (bicyclic) bond motifs is 4. The Hall–Kier alpha value is -3.49. The predicted molar refractivity (Wildman–Crippen MR) is 136 cm³/mol. The van der Waals surface area contributed by atoms with Gasteiger partial charge in [-0.15, -0.1) is 0 Å². The number of carbonyl (C=O) groups is 3. The van der Waals surface area contributed by atoms with Crippen LogP contribution < -0.4 is 0 Å². The summed E-state index contributed by atoms with van der Waals surface area (Å²) < 4.78 is 10.8. The Morgan fingerprint density at radius 1 is 1.14 bits per heavy atom. The number of benzene rings is 2. The van der Waals surface area contributed by atoms with E-state index in [2.05, 4.69) is 17.7 Å². The number of allylic oxidation sites excluding steroid dienone is 1. The van der Waals surface area contributed by atoms with Gasteiger partial charge in [-0.3, -0.25) is 9.59 Å². The minimum Gasteiger partial charge on any atom is -0.507 e. The van der Waals surface area contributed by atoms with Crippen molar-refractivity contribution in [1.29, 1.82) is 0 Å². The number of likely N-dealkylation sites (tertiary alicyclic amines) is 1. The van der Waals surface area contributed by atoms with E-state index in [4.69, 9.17) is 4.74 Å². The molecule has 2 aromatic rings. The van der Waals surface area contributed by atoms with Crippen LogP contribution in [0.1, 0.15) is 38.2 Å². The van der Waals surface area contributed by atoms with E-state index in [1.807, 2.05) is 30.3 Å². The third-order valence-corrected chi connectivity index (χ3v) is 8.03. The van der Waals surface area contributed by atoms with Crippen LogP contribution in [-0.2, 0) is 19.1 Å². The zero-order chi connectivity index (χ0) is 26.3. The minimum absolute atomic E-state index is 0.218. The van der Waals surface area contributed by atoms with Gasteiger partial charge in [0.25, 0.3) is 0 Å². The van der Waals surface area contributed by atoms with Crippen molar-refractivity contribution in [3.05, 3.63) is 58.7 Å². The van der Waals surface area contributed by atoms with Gasteiger partial charge in [-0.25, -0.2) is 4.79 Å². The number of amides is 3. The van der Waals surface area contributed by atoms with E-state index >= 15 is 0 Å². The Kier molecular flexibility index (Phi) is 6.88. The molecule has 3 amide bonds. The molecule has 1 aliphatic carbocycles. The molecule has 0 saturated carbocycles. The molecule has 3 aliphatic rings. The molecule has 0 spiro atoms. The number of hydrogen-bond acceptors (Lipinski definition) is 7. The molecule has 37 heavy (non-hydrogen) atoms. The molecule has 2 fully saturated rings. The number of phenolic OH excluding ortho intramolecular Hbond substituents is 1. The fourth-order valence-corrected chi connectivity index (χ4v) is 6.21. The molecular weight excluding hydrogens is 474 g/mol. The number of nitrogens with zero attached hydrogens (tertiary/aromatic N) is 1. The van der Waals surface area contributed by atoms with Crippen molar-refractivity contribution in [2.24, 2.45) is 17.8 Å². The smallest absolute Gasteiger partial charge is 0.423 e. The first-order valence-electron chi connectivity index (χ1n) is 12.7. The Balaban J connectivity index is 1.38. The van der Waals surface area contributed by atoms with E-state index in [0.29, 0.717) is 11.3 Å². The van der Waals surface area contributed by atoms with Crippen LogP contribution in [0.25, 0.3) is 16.8 Å². The van der Waals surface area contributed by atoms with Crippen LogP contribution in [0.4, 0.5) is 4.79 Å². The van der Waals surface area contributed by atoms with Crippen LogP contribution in [0.2, 0.25) is 0 Å². The number of hydrogen-bond donors (Lipinski definition) is 2. The summed E-state index contributed by atoms with van der Waals surface area (Å²) >= 11 is 0. The molecule has 0 unspecified atom stereocenters. The number of aromatic hydroxyl groups is 1. The lowest BCUT2D eigenvalue weighted by molar-refractivity contribution is -0.137. The summed E-state index contributed by atoms with van der Waals surface area (Å²) in [4.78, 5) is 38.6. The molecule has 8 nitrogen and oxygen atoms in total. The number of aliphatic hydroxyl groups excluding tert-OH is 1. The Bertz CT molecular complexity index is 1330. The van der Waals surface area contributed by atoms with Crippen LogP contribution in [0.3, 0.4) is 0 Å². The van der Waals surface area contributed by atoms with Crippen LogP contribution >= 0.6 is 0 Å². The molecule has 194 valence electrons. The van der Waals surface area contributed by atoms with Crippen molar-refractivity contribution >= 4 is 34.8 Å². The molecule has 0 bridgehead atoms. The highest BCUT2D eigenvalue weighted by Gasteiger charge is 2.58. The Morgan fingerprint density at radius 3 is 2.59 bits per heavy atom. The zero-order valence-corrected chi connectivity index (χ0v) is 21.0. The average Bonchev–Trinajstić information content (AvgIpc) is 3.45. The highest BCUT2D eigenvalue weighted by Crippen LogP contribution is 2.50. The third-order valence-electron chi connectivity index (χ3n) is 8.03. The van der Waals surface area contributed by atoms with Crippen molar-refractivity contribution in [2.75, 3.05) is 20.3 Å². The Labute approximate surface area is 215 Å². The molecule has 5 rings (SSSR count). The van der Waals surface area contributed by atoms with Gasteiger partial charge in [0.05, 0.1) is 38.3 Å². The van der Waals surface area contributed by atoms with Crippen molar-refractivity contribution in [1.82, 2.24) is 4.90 Å². The fourth-order valence-electron chi connectivity index (χ4n) is 6.21. The zero-order valence-electron chi connectivity index (χ0n) is 21.0. The molecule has 0 radical (unpaired) electrons. The van der Waals surface area contributed by atoms with Gasteiger partial charge in [-0.1, -0.05) is 48.9 Å². The first kappa shape index (κ1) is 25.2. The summed E-state index contributed by atoms with van der Waals surface area (Å²) in [7, 11) is 1.14. The van der Waals surface area contributed by atoms with Gasteiger partial charge in [-0.2, -0.15) is 4.90 Å². The van der Waals surface area contributed by atoms with Gasteiger partial charge < -0.3 is 19.7 Å². The van der Waals surface area contributed by atoms with E-state index in [9.17, 15) is 24.6 Å². The number of ether oxygens (including phenoxy) is 2. The van der Waals surface area contributed by atoms with Gasteiger partial charge in [0.2, 0.25) is 11.8 Å². The first-order valence-corrected chi connectivity index (χ1v) is 12.7. The second-order valence-corrected chi connectivity index (χ2v) is 9.88. The second-order valence-electron chi connectivity index (χ2n) is 9.88. The van der Waals surface area contributed by atoms with Crippen molar-refractivity contribution in [3.63, 3.8) is 0 Å². The van der Waals surface area contributed by atoms with Crippen LogP contribution in [0, 0.1) is 17.8 Å². The maximum Gasteiger partial charge on any atom is 0.423 e. The maximum absolute atomic E-state index is 13.1. The molecule has 0 aromatic heterocycles. The number of imide groups is 3. The molecule has 8 heteroatoms. The van der Waals surface area contributed by atoms with Gasteiger partial charge in [-0.05, 0) is 53.8 Å². The number of phenols is 1. The summed E-state index contributed by atoms with van der Waals surface area (Å²) in [6, 6.07) is 11.4. The highest BCUT2D eigenvalue weighted by molar-refractivity contribution is 6.16. The SMILES string of the molecule is CC/C(=C\c1ccc(O)c2ccccc12)CC[C@H]1OC[C@H]2C1=C(CO)C[C@H]1C(=O)N(C(=O)OC)C(=O)[C@H]12. The largest absolute Gasteiger partial charge is 0.507 e. The monoisotopic (exact) mass is 505 g/mol. The lowest BCUT2D eigenvalue weighted by Gasteiger charge is -2.31. The minimum atomic E-state index is -0.966. The standard InChI is InChI=1S/C29H31NO7/c1-3-16(12-17-9-10-23(32)20-7-5-4-6-19(17)20)8-11-24-25-18(14-31)13-21-26(22(25)15-37-24)28(34)30(27(21)33)29(35)36-2/h4-7,9-10,12,21-22,24,26,31-32H,3,8,11,13-15H2,1-2H3/b16-12+/t21-,22+,24-,26-/m1/s1. The summed E-state index contributed by atoms with van der Waals surface area (Å²) in [5.41, 5.74) is 3.88. The quantitative estimate of drug-likeness (QED) is 0.447. The molecule has 2 saturated heterocycles. The first-order chi connectivity index (χ1) is 17.9. The van der Waals surface area contributed by atoms with E-state index in [0.717, 1.165) is 47.4 Å². The van der Waals surface area contributed by atoms with Crippen LogP contribution in [-0.4, -0.2) is 59.4 Å². The number of rotatable bonds is 6. The molecule has 2 N–H and O–H groups in total. The average molecular weight is 506 g/mol. The number of aliphatic hydroxyl groups is 1. The van der Waals surface area contributed by atoms with E-state index in [-0.39, 0.29) is 37.4 Å². The van der Waals surface area contributed by atoms with Crippen molar-refractivity contribution in [2.45, 2.75) is 38.7 Å². The van der Waals surface area contributed by atoms with Gasteiger partial charge in [0.15, 0.2) is 0 Å². The van der Waals surface area contributed by atoms with Crippen molar-refractivity contribution in [3.8, 4) is 5.75 Å². The fraction of sp³-hybridized carbons (Fsp3) is 0.414. The summed E-state index contributed by atoms with van der Waals surface area (Å²) in [5.74, 6) is -2.55. The lowest BCUT2D eigenvalue weighted by atomic mass is 9.69. The van der Waals surface area contributed by atoms with Gasteiger partial charge in [0.1, 0.15) is 5.75 Å². The summed E-state index contributed by atoms with van der Waals surface area (Å²) in [5, 5.41) is 22.1. The van der Waals surface area contributed by atoms with Crippen LogP contribution in [0.5, 0.6) is 5.75 Å². The molecule has 2 aliphatic heterocycles. The van der Waals surface area contributed by atoms with Gasteiger partial charge in [0, 0.05) is 11.3 Å². The van der Waals surface area contributed by atoms with Gasteiger partial charge >= 0.3 is 6.09 Å². The van der Waals surface area contributed by atoms with E-state index in [1.165, 1.54) is 5.57 Å². The lowest BCUT2D eigenvalue weighted by Crippen LogP contribution is -2.38. The number of carbonyl (C=O) groups excluding carboxylic acids is 3.